The van der Waals surface area contributed by atoms with Crippen molar-refractivity contribution in [1.29, 1.82) is 5.41 Å². The maximum absolute atomic E-state index is 13.3. The fraction of sp³-hybridized carbons (Fsp3) is 0.462. The fourth-order valence-corrected chi connectivity index (χ4v) is 4.38. The van der Waals surface area contributed by atoms with Crippen molar-refractivity contribution in [2.24, 2.45) is 0 Å². The molecule has 0 saturated heterocycles. The summed E-state index contributed by atoms with van der Waals surface area (Å²) in [5.74, 6) is -2.70. The van der Waals surface area contributed by atoms with Gasteiger partial charge in [-0.15, -0.1) is 0 Å². The van der Waals surface area contributed by atoms with Crippen LogP contribution in [0.5, 0.6) is 0 Å². The van der Waals surface area contributed by atoms with Crippen molar-refractivity contribution < 1.29 is 28.7 Å². The van der Waals surface area contributed by atoms with Crippen LogP contribution in [0.3, 0.4) is 0 Å². The van der Waals surface area contributed by atoms with Crippen molar-refractivity contribution in [2.75, 3.05) is 6.61 Å². The molecule has 3 amide bonds. The summed E-state index contributed by atoms with van der Waals surface area (Å²) in [6.45, 7) is 3.13. The highest BCUT2D eigenvalue weighted by molar-refractivity contribution is 6.26. The summed E-state index contributed by atoms with van der Waals surface area (Å²) in [6, 6.07) is 5.39. The van der Waals surface area contributed by atoms with Crippen LogP contribution < -0.4 is 16.0 Å². The number of hydrogen-bond acceptors (Lipinski definition) is 7. The highest BCUT2D eigenvalue weighted by Crippen LogP contribution is 2.33. The SMILES string of the molecule is CCOC(=O)C1(NC(=O)[C@H](CCC(=O)C=N)NC(=O)[C@H](Cc2c[nH]c3ccccc23)NC(C)=O)CCC1. The van der Waals surface area contributed by atoms with Gasteiger partial charge in [-0.2, -0.15) is 0 Å². The van der Waals surface area contributed by atoms with E-state index in [1.807, 2.05) is 24.3 Å². The summed E-state index contributed by atoms with van der Waals surface area (Å²) in [6.07, 6.45) is 3.90. The minimum absolute atomic E-state index is 0.0788. The van der Waals surface area contributed by atoms with Crippen molar-refractivity contribution in [3.05, 3.63) is 36.0 Å². The Morgan fingerprint density at radius 2 is 1.84 bits per heavy atom. The van der Waals surface area contributed by atoms with Gasteiger partial charge in [0.1, 0.15) is 17.6 Å². The summed E-state index contributed by atoms with van der Waals surface area (Å²) in [5.41, 5.74) is 0.523. The molecule has 11 heteroatoms. The first kappa shape index (κ1) is 27.6. The van der Waals surface area contributed by atoms with Gasteiger partial charge in [-0.25, -0.2) is 4.79 Å². The highest BCUT2D eigenvalue weighted by Gasteiger charge is 2.47. The van der Waals surface area contributed by atoms with E-state index in [1.54, 1.807) is 13.1 Å². The van der Waals surface area contributed by atoms with E-state index in [-0.39, 0.29) is 25.9 Å². The van der Waals surface area contributed by atoms with Crippen LogP contribution in [-0.4, -0.2) is 64.9 Å². The number of hydrogen-bond donors (Lipinski definition) is 5. The molecule has 1 aliphatic rings. The molecular formula is C26H33N5O6. The van der Waals surface area contributed by atoms with Crippen LogP contribution >= 0.6 is 0 Å². The lowest BCUT2D eigenvalue weighted by molar-refractivity contribution is -0.158. The van der Waals surface area contributed by atoms with Crippen LogP contribution in [0.1, 0.15) is 51.5 Å². The number of amides is 3. The van der Waals surface area contributed by atoms with Crippen LogP contribution in [-0.2, 0) is 35.1 Å². The van der Waals surface area contributed by atoms with Gasteiger partial charge in [0, 0.05) is 36.9 Å². The Balaban J connectivity index is 1.79. The van der Waals surface area contributed by atoms with E-state index < -0.39 is 47.1 Å². The number of carbonyl (C=O) groups excluding carboxylic acids is 5. The molecule has 0 bridgehead atoms. The lowest BCUT2D eigenvalue weighted by Gasteiger charge is -2.40. The normalized spacial score (nSPS) is 15.5. The van der Waals surface area contributed by atoms with Crippen LogP contribution in [0.15, 0.2) is 30.5 Å². The van der Waals surface area contributed by atoms with Crippen molar-refractivity contribution >= 4 is 46.6 Å². The Kier molecular flexibility index (Phi) is 9.15. The largest absolute Gasteiger partial charge is 0.464 e. The third kappa shape index (κ3) is 6.81. The number of benzene rings is 1. The van der Waals surface area contributed by atoms with Crippen LogP contribution in [0.25, 0.3) is 10.9 Å². The molecule has 1 fully saturated rings. The molecule has 2 atom stereocenters. The fourth-order valence-electron chi connectivity index (χ4n) is 4.38. The van der Waals surface area contributed by atoms with E-state index in [1.165, 1.54) is 6.92 Å². The van der Waals surface area contributed by atoms with E-state index in [0.717, 1.165) is 22.9 Å². The van der Waals surface area contributed by atoms with E-state index in [9.17, 15) is 24.0 Å². The van der Waals surface area contributed by atoms with Gasteiger partial charge in [0.15, 0.2) is 5.78 Å². The maximum Gasteiger partial charge on any atom is 0.331 e. The number of rotatable bonds is 13. The van der Waals surface area contributed by atoms with E-state index >= 15 is 0 Å². The molecular weight excluding hydrogens is 478 g/mol. The Hall–Kier alpha value is -4.02. The van der Waals surface area contributed by atoms with Gasteiger partial charge in [0.05, 0.1) is 12.8 Å². The molecule has 0 unspecified atom stereocenters. The van der Waals surface area contributed by atoms with Gasteiger partial charge >= 0.3 is 5.97 Å². The van der Waals surface area contributed by atoms with E-state index in [0.29, 0.717) is 19.1 Å². The Labute approximate surface area is 214 Å². The first-order valence-corrected chi connectivity index (χ1v) is 12.3. The van der Waals surface area contributed by atoms with Gasteiger partial charge in [0.2, 0.25) is 17.7 Å². The molecule has 1 aliphatic carbocycles. The number of carbonyl (C=O) groups is 5. The quantitative estimate of drug-likeness (QED) is 0.200. The van der Waals surface area contributed by atoms with Crippen molar-refractivity contribution in [2.45, 2.75) is 70.0 Å². The monoisotopic (exact) mass is 511 g/mol. The standard InChI is InChI=1S/C26H33N5O6/c1-3-37-25(36)26(11-6-12-26)31-24(35)21(10-9-18(33)14-27)30-23(34)22(29-16(2)32)13-17-15-28-20-8-5-4-7-19(17)20/h4-5,7-8,14-15,21-22,27-28H,3,6,9-13H2,1-2H3,(H,29,32)(H,30,34)(H,31,35)/t21-,22-/m0/s1. The second-order valence-corrected chi connectivity index (χ2v) is 9.17. The molecule has 5 N–H and O–H groups in total. The minimum Gasteiger partial charge on any atom is -0.464 e. The first-order chi connectivity index (χ1) is 17.7. The zero-order valence-corrected chi connectivity index (χ0v) is 21.0. The van der Waals surface area contributed by atoms with Gasteiger partial charge in [-0.3, -0.25) is 19.2 Å². The number of nitrogens with one attached hydrogen (secondary N) is 5. The number of ether oxygens (including phenoxy) is 1. The van der Waals surface area contributed by atoms with Crippen LogP contribution in [0.4, 0.5) is 0 Å². The number of ketones is 1. The smallest absolute Gasteiger partial charge is 0.331 e. The molecule has 198 valence electrons. The van der Waals surface area contributed by atoms with Gasteiger partial charge in [0.25, 0.3) is 0 Å². The third-order valence-corrected chi connectivity index (χ3v) is 6.50. The molecule has 3 rings (SSSR count). The highest BCUT2D eigenvalue weighted by atomic mass is 16.5. The zero-order chi connectivity index (χ0) is 27.0. The second-order valence-electron chi connectivity index (χ2n) is 9.17. The molecule has 0 spiro atoms. The minimum atomic E-state index is -1.16. The summed E-state index contributed by atoms with van der Waals surface area (Å²) in [5, 5.41) is 16.0. The second kappa shape index (κ2) is 12.3. The molecule has 1 saturated carbocycles. The molecule has 37 heavy (non-hydrogen) atoms. The average molecular weight is 512 g/mol. The Morgan fingerprint density at radius 3 is 2.46 bits per heavy atom. The molecule has 1 heterocycles. The number of Topliss-reactive ketones (excluding diaryl/α,β-unsaturated/α-hetero) is 1. The number of para-hydroxylation sites is 1. The van der Waals surface area contributed by atoms with Crippen LogP contribution in [0, 0.1) is 5.41 Å². The lowest BCUT2D eigenvalue weighted by atomic mass is 9.76. The number of H-pyrrole nitrogens is 1. The molecule has 1 aromatic carbocycles. The van der Waals surface area contributed by atoms with Gasteiger partial charge in [-0.05, 0) is 44.2 Å². The zero-order valence-electron chi connectivity index (χ0n) is 21.0. The van der Waals surface area contributed by atoms with Crippen molar-refractivity contribution in [3.8, 4) is 0 Å². The molecule has 11 nitrogen and oxygen atoms in total. The molecule has 0 radical (unpaired) electrons. The van der Waals surface area contributed by atoms with E-state index in [2.05, 4.69) is 20.9 Å². The number of esters is 1. The number of aromatic nitrogens is 1. The predicted molar refractivity (Wildman–Crippen MR) is 136 cm³/mol. The first-order valence-electron chi connectivity index (χ1n) is 12.3. The molecule has 1 aromatic heterocycles. The summed E-state index contributed by atoms with van der Waals surface area (Å²) >= 11 is 0. The summed E-state index contributed by atoms with van der Waals surface area (Å²) < 4.78 is 5.13. The van der Waals surface area contributed by atoms with Crippen molar-refractivity contribution in [3.63, 3.8) is 0 Å². The third-order valence-electron chi connectivity index (χ3n) is 6.50. The topological polar surface area (TPSA) is 170 Å². The predicted octanol–water partition coefficient (Wildman–Crippen LogP) is 1.30. The molecule has 0 aliphatic heterocycles. The number of fused-ring (bicyclic) bond motifs is 1. The van der Waals surface area contributed by atoms with Gasteiger partial charge in [-0.1, -0.05) is 18.2 Å². The Bertz CT molecular complexity index is 1190. The van der Waals surface area contributed by atoms with Gasteiger partial charge < -0.3 is 31.1 Å². The van der Waals surface area contributed by atoms with Crippen LogP contribution in [0.2, 0.25) is 0 Å². The number of aromatic amines is 1. The summed E-state index contributed by atoms with van der Waals surface area (Å²) in [4.78, 5) is 65.8. The lowest BCUT2D eigenvalue weighted by Crippen LogP contribution is -2.64. The summed E-state index contributed by atoms with van der Waals surface area (Å²) in [7, 11) is 0. The average Bonchev–Trinajstić information content (AvgIpc) is 3.25. The van der Waals surface area contributed by atoms with Crippen molar-refractivity contribution in [1.82, 2.24) is 20.9 Å². The van der Waals surface area contributed by atoms with E-state index in [4.69, 9.17) is 10.1 Å². The molecule has 2 aromatic rings. The maximum atomic E-state index is 13.3. The Morgan fingerprint density at radius 1 is 1.11 bits per heavy atom.